The van der Waals surface area contributed by atoms with Crippen LogP contribution in [0.15, 0.2) is 0 Å². The van der Waals surface area contributed by atoms with Crippen LogP contribution in [0.25, 0.3) is 0 Å². The Labute approximate surface area is 158 Å². The van der Waals surface area contributed by atoms with Crippen LogP contribution in [-0.2, 0) is 9.47 Å². The third-order valence-electron chi connectivity index (χ3n) is 9.31. The third kappa shape index (κ3) is 2.55. The molecule has 0 aromatic rings. The zero-order chi connectivity index (χ0) is 18.6. The first-order valence-electron chi connectivity index (χ1n) is 10.9. The molecule has 1 spiro atoms. The van der Waals surface area contributed by atoms with Crippen LogP contribution in [0.4, 0.5) is 0 Å². The minimum Gasteiger partial charge on any atom is -0.396 e. The molecule has 0 amide bonds. The van der Waals surface area contributed by atoms with Crippen molar-refractivity contribution in [3.63, 3.8) is 0 Å². The molecule has 3 saturated carbocycles. The molecule has 2 unspecified atom stereocenters. The van der Waals surface area contributed by atoms with Crippen LogP contribution < -0.4 is 0 Å². The number of ether oxygens (including phenoxy) is 2. The summed E-state index contributed by atoms with van der Waals surface area (Å²) in [7, 11) is 0. The second kappa shape index (κ2) is 6.72. The van der Waals surface area contributed by atoms with E-state index in [0.717, 1.165) is 32.1 Å². The smallest absolute Gasteiger partial charge is 0.174 e. The van der Waals surface area contributed by atoms with E-state index in [0.29, 0.717) is 42.8 Å². The maximum absolute atomic E-state index is 10.5. The number of hydrogen-bond acceptors (Lipinski definition) is 4. The van der Waals surface area contributed by atoms with Gasteiger partial charge in [0.05, 0.1) is 13.2 Å². The Hall–Kier alpha value is -0.160. The molecule has 1 heterocycles. The summed E-state index contributed by atoms with van der Waals surface area (Å²) in [5, 5.41) is 20.6. The molecule has 7 atom stereocenters. The highest BCUT2D eigenvalue weighted by atomic mass is 16.7. The molecule has 4 nitrogen and oxygen atoms in total. The Kier molecular flexibility index (Phi) is 4.95. The lowest BCUT2D eigenvalue weighted by Gasteiger charge is -2.57. The van der Waals surface area contributed by atoms with Crippen LogP contribution in [0.5, 0.6) is 0 Å². The highest BCUT2D eigenvalue weighted by Crippen LogP contribution is 2.66. The molecule has 150 valence electrons. The predicted molar refractivity (Wildman–Crippen MR) is 100 cm³/mol. The largest absolute Gasteiger partial charge is 0.396 e. The van der Waals surface area contributed by atoms with Gasteiger partial charge in [-0.3, -0.25) is 0 Å². The number of hydrogen-bond donors (Lipinski definition) is 2. The molecule has 4 fully saturated rings. The molecule has 3 aliphatic carbocycles. The van der Waals surface area contributed by atoms with Gasteiger partial charge in [0.25, 0.3) is 0 Å². The monoisotopic (exact) mass is 366 g/mol. The lowest BCUT2D eigenvalue weighted by molar-refractivity contribution is -0.245. The van der Waals surface area contributed by atoms with E-state index in [9.17, 15) is 10.2 Å². The van der Waals surface area contributed by atoms with E-state index in [1.807, 2.05) is 0 Å². The Morgan fingerprint density at radius 1 is 0.885 bits per heavy atom. The average Bonchev–Trinajstić information content (AvgIpc) is 3.23. The molecule has 0 aromatic heterocycles. The van der Waals surface area contributed by atoms with Crippen molar-refractivity contribution in [2.45, 2.75) is 71.5 Å². The Morgan fingerprint density at radius 3 is 2.23 bits per heavy atom. The fraction of sp³-hybridized carbons (Fsp3) is 1.00. The second-order valence-corrected chi connectivity index (χ2v) is 10.3. The minimum absolute atomic E-state index is 0.0143. The highest BCUT2D eigenvalue weighted by molar-refractivity contribution is 5.11. The van der Waals surface area contributed by atoms with Crippen molar-refractivity contribution in [2.24, 2.45) is 40.4 Å². The average molecular weight is 367 g/mol. The van der Waals surface area contributed by atoms with Gasteiger partial charge in [0.1, 0.15) is 0 Å². The number of aliphatic hydroxyl groups excluding tert-OH is 2. The molecule has 1 aliphatic heterocycles. The van der Waals surface area contributed by atoms with Gasteiger partial charge in [-0.2, -0.15) is 0 Å². The van der Waals surface area contributed by atoms with Crippen molar-refractivity contribution in [1.82, 2.24) is 0 Å². The van der Waals surface area contributed by atoms with E-state index < -0.39 is 5.79 Å². The van der Waals surface area contributed by atoms with E-state index >= 15 is 0 Å². The van der Waals surface area contributed by atoms with Gasteiger partial charge in [-0.05, 0) is 67.1 Å². The summed E-state index contributed by atoms with van der Waals surface area (Å²) in [5.41, 5.74) is 0.156. The van der Waals surface area contributed by atoms with E-state index in [-0.39, 0.29) is 24.0 Å². The lowest BCUT2D eigenvalue weighted by Crippen LogP contribution is -2.56. The number of aliphatic hydroxyl groups is 2. The van der Waals surface area contributed by atoms with Crippen LogP contribution in [0, 0.1) is 40.4 Å². The number of fused-ring (bicyclic) bond motifs is 2. The molecular formula is C22H38O4. The van der Waals surface area contributed by atoms with Gasteiger partial charge in [-0.15, -0.1) is 0 Å². The molecule has 2 N–H and O–H groups in total. The van der Waals surface area contributed by atoms with Gasteiger partial charge >= 0.3 is 0 Å². The standard InChI is InChI=1S/C22H38O4/c1-15-4-7-20(2,16(12-15)13-23)18-5-8-21(3)19(17(18)14-24)6-9-22(21)25-10-11-26-22/h15-19,23-24H,4-14H2,1-3H3/t15-,16+,17+,18?,19?,20-,21-/m0/s1. The van der Waals surface area contributed by atoms with Gasteiger partial charge in [-0.25, -0.2) is 0 Å². The van der Waals surface area contributed by atoms with Crippen LogP contribution in [0.1, 0.15) is 65.7 Å². The van der Waals surface area contributed by atoms with E-state index in [1.54, 1.807) is 0 Å². The van der Waals surface area contributed by atoms with Gasteiger partial charge in [-0.1, -0.05) is 27.2 Å². The molecule has 4 heteroatoms. The first kappa shape index (κ1) is 19.2. The summed E-state index contributed by atoms with van der Waals surface area (Å²) < 4.78 is 12.4. The summed E-state index contributed by atoms with van der Waals surface area (Å²) in [6, 6.07) is 0. The topological polar surface area (TPSA) is 58.9 Å². The van der Waals surface area contributed by atoms with Crippen molar-refractivity contribution < 1.29 is 19.7 Å². The SMILES string of the molecule is C[C@H]1CC[C@](C)(C2CC[C@@]3(C)C(CCC34OCCO4)[C@@H]2CO)[C@@H](CO)C1. The maximum atomic E-state index is 10.5. The van der Waals surface area contributed by atoms with Crippen LogP contribution in [0.3, 0.4) is 0 Å². The lowest BCUT2D eigenvalue weighted by atomic mass is 9.49. The van der Waals surface area contributed by atoms with Gasteiger partial charge in [0.2, 0.25) is 0 Å². The fourth-order valence-electron chi connectivity index (χ4n) is 7.65. The van der Waals surface area contributed by atoms with Crippen LogP contribution >= 0.6 is 0 Å². The van der Waals surface area contributed by atoms with Crippen molar-refractivity contribution in [1.29, 1.82) is 0 Å². The molecule has 0 bridgehead atoms. The maximum Gasteiger partial charge on any atom is 0.174 e. The summed E-state index contributed by atoms with van der Waals surface area (Å²) in [5.74, 6) is 1.91. The van der Waals surface area contributed by atoms with Crippen molar-refractivity contribution in [3.05, 3.63) is 0 Å². The first-order valence-corrected chi connectivity index (χ1v) is 10.9. The van der Waals surface area contributed by atoms with Gasteiger partial charge in [0.15, 0.2) is 5.79 Å². The van der Waals surface area contributed by atoms with Gasteiger partial charge < -0.3 is 19.7 Å². The summed E-state index contributed by atoms with van der Waals surface area (Å²) in [4.78, 5) is 0. The van der Waals surface area contributed by atoms with Crippen LogP contribution in [-0.4, -0.2) is 42.4 Å². The van der Waals surface area contributed by atoms with Crippen molar-refractivity contribution in [3.8, 4) is 0 Å². The van der Waals surface area contributed by atoms with Crippen molar-refractivity contribution >= 4 is 0 Å². The zero-order valence-electron chi connectivity index (χ0n) is 16.9. The highest BCUT2D eigenvalue weighted by Gasteiger charge is 2.66. The zero-order valence-corrected chi connectivity index (χ0v) is 16.9. The van der Waals surface area contributed by atoms with Crippen LogP contribution in [0.2, 0.25) is 0 Å². The van der Waals surface area contributed by atoms with E-state index in [4.69, 9.17) is 9.47 Å². The quantitative estimate of drug-likeness (QED) is 0.801. The van der Waals surface area contributed by atoms with E-state index in [1.165, 1.54) is 12.8 Å². The summed E-state index contributed by atoms with van der Waals surface area (Å²) in [6.07, 6.45) is 7.85. The minimum atomic E-state index is -0.408. The Bertz CT molecular complexity index is 516. The molecular weight excluding hydrogens is 328 g/mol. The summed E-state index contributed by atoms with van der Waals surface area (Å²) >= 11 is 0. The first-order chi connectivity index (χ1) is 12.4. The summed E-state index contributed by atoms with van der Waals surface area (Å²) in [6.45, 7) is 9.03. The fourth-order valence-corrected chi connectivity index (χ4v) is 7.65. The molecule has 0 radical (unpaired) electrons. The Morgan fingerprint density at radius 2 is 1.58 bits per heavy atom. The molecule has 4 aliphatic rings. The molecule has 26 heavy (non-hydrogen) atoms. The normalized spacial score (nSPS) is 50.9. The predicted octanol–water partition coefficient (Wildman–Crippen LogP) is 3.60. The third-order valence-corrected chi connectivity index (χ3v) is 9.31. The second-order valence-electron chi connectivity index (χ2n) is 10.3. The van der Waals surface area contributed by atoms with Gasteiger partial charge in [0, 0.05) is 25.0 Å². The number of rotatable bonds is 3. The van der Waals surface area contributed by atoms with Crippen molar-refractivity contribution in [2.75, 3.05) is 26.4 Å². The molecule has 0 aromatic carbocycles. The Balaban J connectivity index is 1.62. The molecule has 4 rings (SSSR count). The molecule has 1 saturated heterocycles. The van der Waals surface area contributed by atoms with E-state index in [2.05, 4.69) is 20.8 Å².